The summed E-state index contributed by atoms with van der Waals surface area (Å²) in [6, 6.07) is 2.43. The molecular formula is C15H27NO2. The predicted molar refractivity (Wildman–Crippen MR) is 74.8 cm³/mol. The van der Waals surface area contributed by atoms with Crippen molar-refractivity contribution in [3.63, 3.8) is 0 Å². The molecule has 18 heavy (non-hydrogen) atoms. The lowest BCUT2D eigenvalue weighted by Gasteiger charge is -2.26. The Bertz CT molecular complexity index is 344. The first-order valence-electron chi connectivity index (χ1n) is 6.82. The zero-order valence-electron chi connectivity index (χ0n) is 12.4. The molecule has 0 aliphatic heterocycles. The second-order valence-electron chi connectivity index (χ2n) is 5.44. The first kappa shape index (κ1) is 15.3. The predicted octanol–water partition coefficient (Wildman–Crippen LogP) is 3.83. The molecule has 1 atom stereocenters. The summed E-state index contributed by atoms with van der Waals surface area (Å²) in [6.45, 7) is 9.50. The van der Waals surface area contributed by atoms with Gasteiger partial charge in [-0.2, -0.15) is 0 Å². The molecule has 1 rings (SSSR count). The molecule has 0 amide bonds. The van der Waals surface area contributed by atoms with Gasteiger partial charge in [-0.05, 0) is 52.6 Å². The first-order chi connectivity index (χ1) is 8.50. The van der Waals surface area contributed by atoms with E-state index in [2.05, 4.69) is 32.2 Å². The number of ether oxygens (including phenoxy) is 1. The summed E-state index contributed by atoms with van der Waals surface area (Å²) >= 11 is 0. The van der Waals surface area contributed by atoms with Crippen LogP contribution in [0, 0.1) is 6.92 Å². The number of hydrogen-bond acceptors (Lipinski definition) is 3. The second kappa shape index (κ2) is 6.95. The summed E-state index contributed by atoms with van der Waals surface area (Å²) in [5, 5.41) is 3.59. The van der Waals surface area contributed by atoms with Crippen LogP contribution in [-0.2, 0) is 4.74 Å². The third kappa shape index (κ3) is 4.46. The van der Waals surface area contributed by atoms with Crippen LogP contribution in [0.1, 0.15) is 57.4 Å². The van der Waals surface area contributed by atoms with Gasteiger partial charge in [0.25, 0.3) is 0 Å². The van der Waals surface area contributed by atoms with Crippen molar-refractivity contribution in [2.24, 2.45) is 0 Å². The van der Waals surface area contributed by atoms with Crippen molar-refractivity contribution in [3.05, 3.63) is 23.7 Å². The van der Waals surface area contributed by atoms with E-state index in [1.165, 1.54) is 5.56 Å². The number of furan rings is 1. The zero-order chi connectivity index (χ0) is 13.6. The highest BCUT2D eigenvalue weighted by molar-refractivity contribution is 5.20. The molecule has 1 aromatic rings. The van der Waals surface area contributed by atoms with E-state index < -0.39 is 0 Å². The molecule has 0 aromatic carbocycles. The molecule has 104 valence electrons. The average Bonchev–Trinajstić information content (AvgIpc) is 2.76. The van der Waals surface area contributed by atoms with Crippen LogP contribution in [0.4, 0.5) is 0 Å². The third-order valence-corrected chi connectivity index (χ3v) is 3.50. The summed E-state index contributed by atoms with van der Waals surface area (Å²) in [5.74, 6) is 1.01. The topological polar surface area (TPSA) is 34.4 Å². The van der Waals surface area contributed by atoms with Gasteiger partial charge in [-0.15, -0.1) is 0 Å². The van der Waals surface area contributed by atoms with E-state index in [4.69, 9.17) is 9.15 Å². The van der Waals surface area contributed by atoms with Gasteiger partial charge in [0.05, 0.1) is 11.9 Å². The van der Waals surface area contributed by atoms with Gasteiger partial charge in [0, 0.05) is 18.7 Å². The molecule has 1 aromatic heterocycles. The van der Waals surface area contributed by atoms with Crippen LogP contribution < -0.4 is 5.32 Å². The highest BCUT2D eigenvalue weighted by Gasteiger charge is 2.21. The van der Waals surface area contributed by atoms with Gasteiger partial charge in [-0.3, -0.25) is 0 Å². The summed E-state index contributed by atoms with van der Waals surface area (Å²) < 4.78 is 10.9. The van der Waals surface area contributed by atoms with Crippen LogP contribution in [0.3, 0.4) is 0 Å². The molecule has 0 saturated heterocycles. The van der Waals surface area contributed by atoms with E-state index >= 15 is 0 Å². The summed E-state index contributed by atoms with van der Waals surface area (Å²) in [7, 11) is 1.78. The first-order valence-corrected chi connectivity index (χ1v) is 6.82. The maximum atomic E-state index is 5.49. The highest BCUT2D eigenvalue weighted by atomic mass is 16.5. The van der Waals surface area contributed by atoms with Crippen LogP contribution in [0.15, 0.2) is 16.7 Å². The molecule has 0 bridgehead atoms. The van der Waals surface area contributed by atoms with Crippen molar-refractivity contribution >= 4 is 0 Å². The fraction of sp³-hybridized carbons (Fsp3) is 0.733. The van der Waals surface area contributed by atoms with Crippen LogP contribution in [0.2, 0.25) is 0 Å². The Balaban J connectivity index is 2.65. The lowest BCUT2D eigenvalue weighted by atomic mass is 9.95. The van der Waals surface area contributed by atoms with Gasteiger partial charge in [0.15, 0.2) is 0 Å². The SMILES string of the molecule is CCCNC(CCC(C)(C)OC)c1ccoc1C. The monoisotopic (exact) mass is 253 g/mol. The Morgan fingerprint density at radius 3 is 2.67 bits per heavy atom. The largest absolute Gasteiger partial charge is 0.469 e. The van der Waals surface area contributed by atoms with E-state index in [-0.39, 0.29) is 5.60 Å². The number of rotatable bonds is 8. The number of aryl methyl sites for hydroxylation is 1. The van der Waals surface area contributed by atoms with Crippen molar-refractivity contribution in [2.75, 3.05) is 13.7 Å². The van der Waals surface area contributed by atoms with Gasteiger partial charge in [-0.1, -0.05) is 6.92 Å². The minimum atomic E-state index is -0.0657. The molecule has 0 radical (unpaired) electrons. The van der Waals surface area contributed by atoms with Crippen molar-refractivity contribution < 1.29 is 9.15 Å². The van der Waals surface area contributed by atoms with Crippen LogP contribution in [0.5, 0.6) is 0 Å². The van der Waals surface area contributed by atoms with E-state index in [9.17, 15) is 0 Å². The maximum absolute atomic E-state index is 5.49. The minimum absolute atomic E-state index is 0.0657. The van der Waals surface area contributed by atoms with E-state index in [0.29, 0.717) is 6.04 Å². The Hall–Kier alpha value is -0.800. The average molecular weight is 253 g/mol. The Morgan fingerprint density at radius 2 is 2.17 bits per heavy atom. The van der Waals surface area contributed by atoms with Crippen molar-refractivity contribution in [3.8, 4) is 0 Å². The van der Waals surface area contributed by atoms with Gasteiger partial charge >= 0.3 is 0 Å². The fourth-order valence-corrected chi connectivity index (χ4v) is 2.04. The number of hydrogen-bond donors (Lipinski definition) is 1. The van der Waals surface area contributed by atoms with Gasteiger partial charge < -0.3 is 14.5 Å². The fourth-order valence-electron chi connectivity index (χ4n) is 2.04. The molecule has 1 heterocycles. The zero-order valence-corrected chi connectivity index (χ0v) is 12.4. The number of methoxy groups -OCH3 is 1. The van der Waals surface area contributed by atoms with Gasteiger partial charge in [0.2, 0.25) is 0 Å². The summed E-state index contributed by atoms with van der Waals surface area (Å²) in [6.07, 6.45) is 4.99. The molecule has 1 unspecified atom stereocenters. The molecule has 1 N–H and O–H groups in total. The third-order valence-electron chi connectivity index (χ3n) is 3.50. The second-order valence-corrected chi connectivity index (χ2v) is 5.44. The lowest BCUT2D eigenvalue weighted by molar-refractivity contribution is 0.0116. The molecule has 0 aliphatic carbocycles. The standard InChI is InChI=1S/C15H27NO2/c1-6-10-16-14(7-9-15(3,4)17-5)13-8-11-18-12(13)2/h8,11,14,16H,6-7,9-10H2,1-5H3. The lowest BCUT2D eigenvalue weighted by Crippen LogP contribution is -2.28. The summed E-state index contributed by atoms with van der Waals surface area (Å²) in [5.41, 5.74) is 1.21. The van der Waals surface area contributed by atoms with E-state index in [1.807, 2.05) is 6.92 Å². The quantitative estimate of drug-likeness (QED) is 0.764. The minimum Gasteiger partial charge on any atom is -0.469 e. The molecular weight excluding hydrogens is 226 g/mol. The smallest absolute Gasteiger partial charge is 0.105 e. The molecule has 0 fully saturated rings. The normalized spacial score (nSPS) is 13.8. The van der Waals surface area contributed by atoms with Crippen LogP contribution >= 0.6 is 0 Å². The van der Waals surface area contributed by atoms with Gasteiger partial charge in [-0.25, -0.2) is 0 Å². The van der Waals surface area contributed by atoms with E-state index in [1.54, 1.807) is 13.4 Å². The van der Waals surface area contributed by atoms with Crippen molar-refractivity contribution in [1.29, 1.82) is 0 Å². The van der Waals surface area contributed by atoms with Crippen molar-refractivity contribution in [1.82, 2.24) is 5.32 Å². The molecule has 0 spiro atoms. The van der Waals surface area contributed by atoms with E-state index in [0.717, 1.165) is 31.6 Å². The Morgan fingerprint density at radius 1 is 1.44 bits per heavy atom. The maximum Gasteiger partial charge on any atom is 0.105 e. The van der Waals surface area contributed by atoms with Gasteiger partial charge in [0.1, 0.15) is 5.76 Å². The van der Waals surface area contributed by atoms with Crippen LogP contribution in [0.25, 0.3) is 0 Å². The van der Waals surface area contributed by atoms with Crippen molar-refractivity contribution in [2.45, 2.75) is 58.6 Å². The van der Waals surface area contributed by atoms with Crippen LogP contribution in [-0.4, -0.2) is 19.3 Å². The summed E-state index contributed by atoms with van der Waals surface area (Å²) in [4.78, 5) is 0. The molecule has 0 aliphatic rings. The Labute approximate surface area is 111 Å². The Kier molecular flexibility index (Phi) is 5.89. The molecule has 0 saturated carbocycles. The molecule has 3 nitrogen and oxygen atoms in total. The molecule has 3 heteroatoms. The highest BCUT2D eigenvalue weighted by Crippen LogP contribution is 2.27. The number of nitrogens with one attached hydrogen (secondary N) is 1.